The van der Waals surface area contributed by atoms with Gasteiger partial charge in [0, 0.05) is 47.0 Å². The SMILES string of the molecule is C[Si]1(C)C2=CC(=[N+]3CCC3)C=CC2=C(c2c(F)c(N=[N+]=[N-])c(F)c(F)c2C(=O)[O-])c2ccc(N3CCC3)cc21. The van der Waals surface area contributed by atoms with Gasteiger partial charge in [-0.25, -0.2) is 17.7 Å². The Morgan fingerprint density at radius 2 is 1.85 bits per heavy atom. The second-order valence-electron chi connectivity index (χ2n) is 10.7. The fourth-order valence-corrected chi connectivity index (χ4v) is 8.91. The Morgan fingerprint density at radius 1 is 1.10 bits per heavy atom. The Hall–Kier alpha value is -4.08. The first-order chi connectivity index (χ1) is 18.6. The molecule has 2 aromatic rings. The Bertz CT molecular complexity index is 1660. The minimum absolute atomic E-state index is 0.113. The second-order valence-corrected chi connectivity index (χ2v) is 15.0. The summed E-state index contributed by atoms with van der Waals surface area (Å²) in [6.07, 6.45) is 7.90. The molecule has 0 radical (unpaired) electrons. The number of allylic oxidation sites excluding steroid dienone is 5. The van der Waals surface area contributed by atoms with Crippen LogP contribution in [-0.2, 0) is 0 Å². The van der Waals surface area contributed by atoms with Gasteiger partial charge in [0.2, 0.25) is 0 Å². The summed E-state index contributed by atoms with van der Waals surface area (Å²) in [7, 11) is -2.46. The number of hydrogen-bond acceptors (Lipinski definition) is 4. The molecule has 198 valence electrons. The summed E-state index contributed by atoms with van der Waals surface area (Å²) in [5, 5.41) is 17.1. The van der Waals surface area contributed by atoms with E-state index in [1.165, 1.54) is 0 Å². The van der Waals surface area contributed by atoms with Crippen molar-refractivity contribution in [1.29, 1.82) is 0 Å². The zero-order valence-electron chi connectivity index (χ0n) is 21.4. The van der Waals surface area contributed by atoms with Gasteiger partial charge in [-0.3, -0.25) is 0 Å². The van der Waals surface area contributed by atoms with Crippen LogP contribution in [0.5, 0.6) is 0 Å². The number of carbonyl (C=O) groups is 1. The molecule has 0 aromatic heterocycles. The van der Waals surface area contributed by atoms with Crippen molar-refractivity contribution in [3.8, 4) is 0 Å². The summed E-state index contributed by atoms with van der Waals surface area (Å²) in [5.74, 6) is -7.22. The zero-order valence-corrected chi connectivity index (χ0v) is 22.4. The van der Waals surface area contributed by atoms with Crippen LogP contribution in [0.1, 0.15) is 34.3 Å². The summed E-state index contributed by atoms with van der Waals surface area (Å²) in [4.78, 5) is 16.8. The van der Waals surface area contributed by atoms with Crippen LogP contribution < -0.4 is 15.2 Å². The van der Waals surface area contributed by atoms with Gasteiger partial charge in [-0.1, -0.05) is 24.3 Å². The number of fused-ring (bicyclic) bond motifs is 2. The Morgan fingerprint density at radius 3 is 2.44 bits per heavy atom. The molecule has 0 saturated carbocycles. The molecule has 0 bridgehead atoms. The number of rotatable bonds is 4. The average Bonchev–Trinajstić information content (AvgIpc) is 2.83. The van der Waals surface area contributed by atoms with Crippen LogP contribution >= 0.6 is 0 Å². The number of carboxylic acid groups (broad SMARTS) is 1. The number of carbonyl (C=O) groups excluding carboxylic acids is 1. The fourth-order valence-electron chi connectivity index (χ4n) is 5.84. The normalized spacial score (nSPS) is 19.0. The van der Waals surface area contributed by atoms with Crippen molar-refractivity contribution in [2.75, 3.05) is 31.1 Å². The van der Waals surface area contributed by atoms with E-state index in [-0.39, 0.29) is 5.57 Å². The molecule has 0 unspecified atom stereocenters. The number of azide groups is 1. The lowest BCUT2D eigenvalue weighted by Gasteiger charge is -2.40. The smallest absolute Gasteiger partial charge is 0.199 e. The predicted octanol–water partition coefficient (Wildman–Crippen LogP) is 4.24. The van der Waals surface area contributed by atoms with Crippen molar-refractivity contribution < 1.29 is 27.6 Å². The van der Waals surface area contributed by atoms with Gasteiger partial charge in [-0.2, -0.15) is 0 Å². The van der Waals surface area contributed by atoms with E-state index in [1.807, 2.05) is 12.1 Å². The van der Waals surface area contributed by atoms with E-state index in [1.54, 1.807) is 12.1 Å². The Kier molecular flexibility index (Phi) is 5.81. The molecule has 3 heterocycles. The summed E-state index contributed by atoms with van der Waals surface area (Å²) in [6, 6.07) is 5.74. The predicted molar refractivity (Wildman–Crippen MR) is 143 cm³/mol. The van der Waals surface area contributed by atoms with Crippen LogP contribution in [0.25, 0.3) is 16.0 Å². The first-order valence-corrected chi connectivity index (χ1v) is 15.8. The van der Waals surface area contributed by atoms with Gasteiger partial charge < -0.3 is 14.8 Å². The summed E-state index contributed by atoms with van der Waals surface area (Å²) in [5.41, 5.74) is 8.96. The number of carboxylic acids is 1. The maximum atomic E-state index is 16.0. The molecule has 2 fully saturated rings. The van der Waals surface area contributed by atoms with Crippen molar-refractivity contribution in [2.24, 2.45) is 5.11 Å². The first kappa shape index (κ1) is 25.2. The molecule has 39 heavy (non-hydrogen) atoms. The molecule has 6 rings (SSSR count). The van der Waals surface area contributed by atoms with E-state index >= 15 is 8.78 Å². The monoisotopic (exact) mass is 547 g/mol. The van der Waals surface area contributed by atoms with Crippen molar-refractivity contribution >= 4 is 41.9 Å². The number of aromatic carboxylic acids is 1. The molecule has 4 aliphatic rings. The van der Waals surface area contributed by atoms with Gasteiger partial charge in [-0.05, 0) is 57.3 Å². The molecule has 7 nitrogen and oxygen atoms in total. The number of benzene rings is 2. The average molecular weight is 548 g/mol. The molecule has 0 amide bonds. The standard InChI is InChI=1S/C28H24F3N5O2Si/c1-39(2)19-13-15(35-9-3-10-35)5-7-17(19)21(18-8-6-16(14-20(18)39)36-11-4-12-36)22-23(28(37)38)24(29)26(31)27(25(22)30)33-34-32/h5-8,13-14H,3-4,9-12H2,1-2H3. The van der Waals surface area contributed by atoms with E-state index in [0.29, 0.717) is 11.1 Å². The minimum Gasteiger partial charge on any atom is -0.545 e. The van der Waals surface area contributed by atoms with Crippen LogP contribution in [0, 0.1) is 17.5 Å². The van der Waals surface area contributed by atoms with Crippen LogP contribution in [0.3, 0.4) is 0 Å². The van der Waals surface area contributed by atoms with Crippen molar-refractivity contribution in [2.45, 2.75) is 25.9 Å². The van der Waals surface area contributed by atoms with Crippen LogP contribution in [0.4, 0.5) is 24.5 Å². The third-order valence-electron chi connectivity index (χ3n) is 8.23. The second kappa shape index (κ2) is 9.00. The third-order valence-corrected chi connectivity index (χ3v) is 11.8. The van der Waals surface area contributed by atoms with E-state index in [9.17, 15) is 14.3 Å². The number of hydrogen-bond donors (Lipinski definition) is 0. The Labute approximate surface area is 223 Å². The van der Waals surface area contributed by atoms with E-state index in [2.05, 4.69) is 44.7 Å². The molecule has 0 N–H and O–H groups in total. The topological polar surface area (TPSA) is 95.1 Å². The van der Waals surface area contributed by atoms with Gasteiger partial charge >= 0.3 is 0 Å². The molecule has 11 heteroatoms. The fraction of sp³-hybridized carbons (Fsp3) is 0.286. The van der Waals surface area contributed by atoms with Crippen LogP contribution in [-0.4, -0.2) is 50.5 Å². The molecular formula is C28H24F3N5O2Si. The van der Waals surface area contributed by atoms with E-state index in [4.69, 9.17) is 5.53 Å². The maximum absolute atomic E-state index is 16.0. The van der Waals surface area contributed by atoms with Gasteiger partial charge in [0.25, 0.3) is 0 Å². The van der Waals surface area contributed by atoms with Gasteiger partial charge in [0.15, 0.2) is 17.3 Å². The molecule has 2 aromatic carbocycles. The van der Waals surface area contributed by atoms with E-state index < -0.39 is 48.3 Å². The van der Waals surface area contributed by atoms with Gasteiger partial charge in [0.05, 0.1) is 12.4 Å². The molecule has 3 aliphatic heterocycles. The lowest BCUT2D eigenvalue weighted by Crippen LogP contribution is -2.50. The first-order valence-electron chi connectivity index (χ1n) is 12.8. The molecule has 1 aliphatic carbocycles. The number of nitrogens with zero attached hydrogens (tertiary/aromatic N) is 5. The number of halogens is 3. The molecular weight excluding hydrogens is 523 g/mol. The quantitative estimate of drug-likeness (QED) is 0.143. The largest absolute Gasteiger partial charge is 0.545 e. The van der Waals surface area contributed by atoms with Gasteiger partial charge in [-0.15, -0.1) is 0 Å². The van der Waals surface area contributed by atoms with Crippen molar-refractivity contribution in [3.63, 3.8) is 0 Å². The summed E-state index contributed by atoms with van der Waals surface area (Å²) >= 11 is 0. The molecule has 2 saturated heterocycles. The van der Waals surface area contributed by atoms with E-state index in [0.717, 1.165) is 60.8 Å². The highest BCUT2D eigenvalue weighted by atomic mass is 28.3. The minimum atomic E-state index is -2.46. The van der Waals surface area contributed by atoms with Crippen molar-refractivity contribution in [1.82, 2.24) is 0 Å². The molecule has 0 spiro atoms. The molecule has 0 atom stereocenters. The highest BCUT2D eigenvalue weighted by Gasteiger charge is 2.43. The van der Waals surface area contributed by atoms with Crippen molar-refractivity contribution in [3.05, 3.63) is 91.8 Å². The zero-order chi connectivity index (χ0) is 27.6. The summed E-state index contributed by atoms with van der Waals surface area (Å²) in [6.45, 7) is 8.00. The maximum Gasteiger partial charge on any atom is 0.199 e. The lowest BCUT2D eigenvalue weighted by atomic mass is 9.86. The third kappa shape index (κ3) is 3.68. The van der Waals surface area contributed by atoms with Crippen LogP contribution in [0.15, 0.2) is 52.3 Å². The lowest BCUT2D eigenvalue weighted by molar-refractivity contribution is -0.582. The van der Waals surface area contributed by atoms with Crippen LogP contribution in [0.2, 0.25) is 13.1 Å². The van der Waals surface area contributed by atoms with Gasteiger partial charge in [0.1, 0.15) is 32.7 Å². The highest BCUT2D eigenvalue weighted by molar-refractivity contribution is 6.98. The summed E-state index contributed by atoms with van der Waals surface area (Å²) < 4.78 is 48.2. The number of anilines is 1. The highest BCUT2D eigenvalue weighted by Crippen LogP contribution is 2.46. The Balaban J connectivity index is 1.74.